The maximum atomic E-state index is 12.9. The molecule has 0 radical (unpaired) electrons. The van der Waals surface area contributed by atoms with Gasteiger partial charge in [-0.25, -0.2) is 4.39 Å². The van der Waals surface area contributed by atoms with Gasteiger partial charge in [0.15, 0.2) is 0 Å². The van der Waals surface area contributed by atoms with Crippen LogP contribution in [0.15, 0.2) is 30.3 Å². The number of halogens is 2. The summed E-state index contributed by atoms with van der Waals surface area (Å²) >= 11 is 3.56. The Labute approximate surface area is 95.5 Å². The van der Waals surface area contributed by atoms with Crippen molar-refractivity contribution in [3.8, 4) is 0 Å². The molecular weight excluding hydrogens is 257 g/mol. The van der Waals surface area contributed by atoms with Gasteiger partial charge in [-0.15, -0.1) is 0 Å². The molecule has 0 bridgehead atoms. The van der Waals surface area contributed by atoms with Gasteiger partial charge in [0.2, 0.25) is 0 Å². The van der Waals surface area contributed by atoms with Crippen molar-refractivity contribution in [2.75, 3.05) is 0 Å². The predicted octanol–water partition coefficient (Wildman–Crippen LogP) is 3.62. The molecule has 0 saturated heterocycles. The molecule has 1 nitrogen and oxygen atoms in total. The Kier molecular flexibility index (Phi) is 2.02. The topological polar surface area (TPSA) is 12.9 Å². The van der Waals surface area contributed by atoms with Gasteiger partial charge in [-0.1, -0.05) is 22.0 Å². The maximum absolute atomic E-state index is 12.9. The second-order valence-corrected chi connectivity index (χ2v) is 5.11. The molecule has 76 valence electrons. The van der Waals surface area contributed by atoms with Gasteiger partial charge in [0.25, 0.3) is 0 Å². The first-order chi connectivity index (χ1) is 7.24. The van der Waals surface area contributed by atoms with E-state index in [1.54, 1.807) is 6.07 Å². The lowest BCUT2D eigenvalue weighted by molar-refractivity contribution is 0.629. The summed E-state index contributed by atoms with van der Waals surface area (Å²) in [6, 6.07) is 8.65. The van der Waals surface area contributed by atoms with E-state index in [9.17, 15) is 4.39 Å². The predicted molar refractivity (Wildman–Crippen MR) is 61.8 cm³/mol. The van der Waals surface area contributed by atoms with Gasteiger partial charge in [-0.2, -0.15) is 0 Å². The summed E-state index contributed by atoms with van der Waals surface area (Å²) in [4.78, 5) is 5.10. The summed E-state index contributed by atoms with van der Waals surface area (Å²) in [7, 11) is 0. The Balaban J connectivity index is 2.10. The van der Waals surface area contributed by atoms with Crippen LogP contribution in [0.25, 0.3) is 10.9 Å². The molecule has 3 heteroatoms. The van der Waals surface area contributed by atoms with E-state index in [0.717, 1.165) is 23.0 Å². The van der Waals surface area contributed by atoms with Crippen LogP contribution in [0.2, 0.25) is 0 Å². The largest absolute Gasteiger partial charge is 0.253 e. The Morgan fingerprint density at radius 1 is 1.27 bits per heavy atom. The molecule has 1 heterocycles. The smallest absolute Gasteiger partial charge is 0.123 e. The SMILES string of the molecule is Fc1ccc2nc(C3CC3Br)ccc2c1. The third-order valence-electron chi connectivity index (χ3n) is 2.77. The van der Waals surface area contributed by atoms with Crippen molar-refractivity contribution in [1.82, 2.24) is 4.98 Å². The lowest BCUT2D eigenvalue weighted by Gasteiger charge is -2.01. The van der Waals surface area contributed by atoms with E-state index in [1.807, 2.05) is 12.1 Å². The molecule has 1 aliphatic carbocycles. The van der Waals surface area contributed by atoms with Gasteiger partial charge in [0.1, 0.15) is 5.82 Å². The molecule has 0 aliphatic heterocycles. The van der Waals surface area contributed by atoms with E-state index in [-0.39, 0.29) is 5.82 Å². The Hall–Kier alpha value is -0.960. The van der Waals surface area contributed by atoms with Gasteiger partial charge in [0, 0.05) is 21.8 Å². The molecule has 1 saturated carbocycles. The van der Waals surface area contributed by atoms with E-state index >= 15 is 0 Å². The van der Waals surface area contributed by atoms with Crippen molar-refractivity contribution in [2.45, 2.75) is 17.2 Å². The number of pyridine rings is 1. The van der Waals surface area contributed by atoms with Crippen molar-refractivity contribution >= 4 is 26.8 Å². The molecule has 2 atom stereocenters. The van der Waals surface area contributed by atoms with Gasteiger partial charge < -0.3 is 0 Å². The number of aromatic nitrogens is 1. The number of benzene rings is 1. The van der Waals surface area contributed by atoms with E-state index < -0.39 is 0 Å². The lowest BCUT2D eigenvalue weighted by atomic mass is 10.1. The molecule has 2 unspecified atom stereocenters. The van der Waals surface area contributed by atoms with Crippen molar-refractivity contribution in [1.29, 1.82) is 0 Å². The Bertz CT molecular complexity index is 526. The van der Waals surface area contributed by atoms with E-state index in [2.05, 4.69) is 20.9 Å². The second-order valence-electron chi connectivity index (χ2n) is 3.93. The molecule has 1 fully saturated rings. The molecule has 15 heavy (non-hydrogen) atoms. The van der Waals surface area contributed by atoms with E-state index in [4.69, 9.17) is 0 Å². The fourth-order valence-electron chi connectivity index (χ4n) is 1.79. The van der Waals surface area contributed by atoms with Crippen LogP contribution in [0.1, 0.15) is 18.0 Å². The van der Waals surface area contributed by atoms with Crippen molar-refractivity contribution in [2.24, 2.45) is 0 Å². The second kappa shape index (κ2) is 3.27. The van der Waals surface area contributed by atoms with Crippen LogP contribution < -0.4 is 0 Å². The quantitative estimate of drug-likeness (QED) is 0.718. The lowest BCUT2D eigenvalue weighted by Crippen LogP contribution is -1.89. The zero-order valence-corrected chi connectivity index (χ0v) is 9.54. The molecule has 1 aromatic carbocycles. The minimum absolute atomic E-state index is 0.207. The summed E-state index contributed by atoms with van der Waals surface area (Å²) in [5, 5.41) is 0.866. The van der Waals surface area contributed by atoms with Crippen molar-refractivity contribution < 1.29 is 4.39 Å². The van der Waals surface area contributed by atoms with Crippen LogP contribution in [0, 0.1) is 5.82 Å². The number of alkyl halides is 1. The summed E-state index contributed by atoms with van der Waals surface area (Å²) in [6.45, 7) is 0. The summed E-state index contributed by atoms with van der Waals surface area (Å²) in [5.74, 6) is 0.335. The van der Waals surface area contributed by atoms with Crippen LogP contribution in [0.5, 0.6) is 0 Å². The molecule has 0 amide bonds. The standard InChI is InChI=1S/C12H9BrFN/c13-10-6-9(10)12-3-1-7-5-8(14)2-4-11(7)15-12/h1-5,9-10H,6H2. The van der Waals surface area contributed by atoms with Crippen LogP contribution >= 0.6 is 15.9 Å². The number of hydrogen-bond donors (Lipinski definition) is 0. The summed E-state index contributed by atoms with van der Waals surface area (Å²) in [5.41, 5.74) is 1.98. The highest BCUT2D eigenvalue weighted by molar-refractivity contribution is 9.09. The summed E-state index contributed by atoms with van der Waals surface area (Å²) < 4.78 is 12.9. The minimum atomic E-state index is -0.207. The number of fused-ring (bicyclic) bond motifs is 1. The van der Waals surface area contributed by atoms with Crippen molar-refractivity contribution in [3.05, 3.63) is 41.8 Å². The Morgan fingerprint density at radius 2 is 2.07 bits per heavy atom. The number of nitrogens with zero attached hydrogens (tertiary/aromatic N) is 1. The van der Waals surface area contributed by atoms with Gasteiger partial charge in [-0.3, -0.25) is 4.98 Å². The average molecular weight is 266 g/mol. The van der Waals surface area contributed by atoms with Crippen LogP contribution in [-0.4, -0.2) is 9.81 Å². The van der Waals surface area contributed by atoms with E-state index in [1.165, 1.54) is 12.1 Å². The zero-order chi connectivity index (χ0) is 10.4. The molecular formula is C12H9BrFN. The highest BCUT2D eigenvalue weighted by Gasteiger charge is 2.37. The van der Waals surface area contributed by atoms with E-state index in [0.29, 0.717) is 10.7 Å². The van der Waals surface area contributed by atoms with Crippen LogP contribution in [-0.2, 0) is 0 Å². The van der Waals surface area contributed by atoms with Crippen LogP contribution in [0.4, 0.5) is 4.39 Å². The highest BCUT2D eigenvalue weighted by atomic mass is 79.9. The number of hydrogen-bond acceptors (Lipinski definition) is 1. The molecule has 0 spiro atoms. The van der Waals surface area contributed by atoms with Crippen LogP contribution in [0.3, 0.4) is 0 Å². The first kappa shape index (κ1) is 9.28. The third-order valence-corrected chi connectivity index (χ3v) is 3.78. The normalized spacial score (nSPS) is 24.4. The monoisotopic (exact) mass is 265 g/mol. The molecule has 0 N–H and O–H groups in total. The minimum Gasteiger partial charge on any atom is -0.253 e. The molecule has 2 aromatic rings. The molecule has 1 aromatic heterocycles. The average Bonchev–Trinajstić information content (AvgIpc) is 2.95. The maximum Gasteiger partial charge on any atom is 0.123 e. The highest BCUT2D eigenvalue weighted by Crippen LogP contribution is 2.45. The first-order valence-electron chi connectivity index (χ1n) is 4.94. The van der Waals surface area contributed by atoms with Gasteiger partial charge in [0.05, 0.1) is 5.52 Å². The third kappa shape index (κ3) is 1.65. The summed E-state index contributed by atoms with van der Waals surface area (Å²) in [6.07, 6.45) is 1.15. The molecule has 3 rings (SSSR count). The fraction of sp³-hybridized carbons (Fsp3) is 0.250. The fourth-order valence-corrected chi connectivity index (χ4v) is 2.46. The first-order valence-corrected chi connectivity index (χ1v) is 5.86. The Morgan fingerprint density at radius 3 is 2.80 bits per heavy atom. The van der Waals surface area contributed by atoms with Gasteiger partial charge in [-0.05, 0) is 30.7 Å². The van der Waals surface area contributed by atoms with Gasteiger partial charge >= 0.3 is 0 Å². The molecule has 1 aliphatic rings. The number of rotatable bonds is 1. The van der Waals surface area contributed by atoms with Crippen molar-refractivity contribution in [3.63, 3.8) is 0 Å². The zero-order valence-electron chi connectivity index (χ0n) is 7.95.